The van der Waals surface area contributed by atoms with Gasteiger partial charge in [0.1, 0.15) is 0 Å². The van der Waals surface area contributed by atoms with Crippen molar-refractivity contribution in [2.45, 2.75) is 32.2 Å². The fraction of sp³-hybridized carbons (Fsp3) is 0.700. The molecule has 0 rings (SSSR count). The molecule has 0 heterocycles. The Labute approximate surface area is 80.3 Å². The second kappa shape index (κ2) is 4.88. The molecule has 0 aromatic carbocycles. The van der Waals surface area contributed by atoms with Gasteiger partial charge in [-0.2, -0.15) is 0 Å². The Morgan fingerprint density at radius 1 is 1.69 bits per heavy atom. The van der Waals surface area contributed by atoms with Crippen molar-refractivity contribution >= 4 is 5.91 Å². The lowest BCUT2D eigenvalue weighted by Crippen LogP contribution is -2.52. The smallest absolute Gasteiger partial charge is 0.242 e. The molecule has 1 unspecified atom stereocenters. The zero-order valence-corrected chi connectivity index (χ0v) is 8.63. The molecule has 0 aliphatic heterocycles. The summed E-state index contributed by atoms with van der Waals surface area (Å²) in [5.41, 5.74) is 5.06. The average molecular weight is 182 g/mol. The summed E-state index contributed by atoms with van der Waals surface area (Å²) in [6.07, 6.45) is 6.67. The number of nitrogens with zero attached hydrogens (tertiary/aromatic N) is 1. The summed E-state index contributed by atoms with van der Waals surface area (Å²) in [5.74, 6) is 2.32. The van der Waals surface area contributed by atoms with Crippen molar-refractivity contribution in [2.75, 3.05) is 13.6 Å². The standard InChI is InChI=1S/C10H18N2O/c1-5-7-10(3,11)9(13)12(4)8-6-2/h2H,5,7-8,11H2,1,3-4H3. The Morgan fingerprint density at radius 3 is 2.62 bits per heavy atom. The van der Waals surface area contributed by atoms with Crippen molar-refractivity contribution in [3.05, 3.63) is 0 Å². The molecule has 0 saturated heterocycles. The van der Waals surface area contributed by atoms with Crippen molar-refractivity contribution in [2.24, 2.45) is 5.73 Å². The van der Waals surface area contributed by atoms with Crippen molar-refractivity contribution in [1.29, 1.82) is 0 Å². The van der Waals surface area contributed by atoms with Crippen molar-refractivity contribution in [1.82, 2.24) is 4.90 Å². The quantitative estimate of drug-likeness (QED) is 0.647. The molecular formula is C10H18N2O. The molecular weight excluding hydrogens is 164 g/mol. The van der Waals surface area contributed by atoms with Gasteiger partial charge in [0.05, 0.1) is 12.1 Å². The maximum Gasteiger partial charge on any atom is 0.242 e. The Bertz CT molecular complexity index is 215. The third-order valence-electron chi connectivity index (χ3n) is 1.93. The molecule has 0 saturated carbocycles. The Balaban J connectivity index is 4.32. The fourth-order valence-corrected chi connectivity index (χ4v) is 1.27. The van der Waals surface area contributed by atoms with E-state index in [1.165, 1.54) is 4.90 Å². The predicted octanol–water partition coefficient (Wildman–Crippen LogP) is 0.595. The number of hydrogen-bond acceptors (Lipinski definition) is 2. The Hall–Kier alpha value is -1.01. The molecule has 0 spiro atoms. The molecule has 0 aromatic rings. The highest BCUT2D eigenvalue weighted by Crippen LogP contribution is 2.11. The first-order chi connectivity index (χ1) is 5.95. The van der Waals surface area contributed by atoms with Gasteiger partial charge in [-0.15, -0.1) is 6.42 Å². The van der Waals surface area contributed by atoms with Crippen molar-refractivity contribution in [3.8, 4) is 12.3 Å². The summed E-state index contributed by atoms with van der Waals surface area (Å²) in [6, 6.07) is 0. The van der Waals surface area contributed by atoms with Crippen molar-refractivity contribution in [3.63, 3.8) is 0 Å². The van der Waals surface area contributed by atoms with Gasteiger partial charge in [-0.25, -0.2) is 0 Å². The SMILES string of the molecule is C#CCN(C)C(=O)C(C)(N)CCC. The molecule has 3 heteroatoms. The third-order valence-corrected chi connectivity index (χ3v) is 1.93. The van der Waals surface area contributed by atoms with E-state index >= 15 is 0 Å². The maximum absolute atomic E-state index is 11.6. The predicted molar refractivity (Wildman–Crippen MR) is 54.0 cm³/mol. The summed E-state index contributed by atoms with van der Waals surface area (Å²) in [4.78, 5) is 13.1. The Morgan fingerprint density at radius 2 is 2.23 bits per heavy atom. The number of likely N-dealkylation sites (N-methyl/N-ethyl adjacent to an activating group) is 1. The highest BCUT2D eigenvalue weighted by molar-refractivity contribution is 5.85. The van der Waals surface area contributed by atoms with Gasteiger partial charge in [-0.1, -0.05) is 19.3 Å². The monoisotopic (exact) mass is 182 g/mol. The van der Waals surface area contributed by atoms with Gasteiger partial charge in [0.2, 0.25) is 5.91 Å². The number of rotatable bonds is 4. The molecule has 0 radical (unpaired) electrons. The second-order valence-corrected chi connectivity index (χ2v) is 3.53. The van der Waals surface area contributed by atoms with Crippen LogP contribution in [0.15, 0.2) is 0 Å². The first-order valence-electron chi connectivity index (χ1n) is 4.43. The molecule has 0 aliphatic carbocycles. The minimum Gasteiger partial charge on any atom is -0.333 e. The van der Waals surface area contributed by atoms with E-state index in [1.807, 2.05) is 6.92 Å². The van der Waals surface area contributed by atoms with Crippen LogP contribution < -0.4 is 5.73 Å². The van der Waals surface area contributed by atoms with Gasteiger partial charge in [-0.05, 0) is 13.3 Å². The molecule has 2 N–H and O–H groups in total. The van der Waals surface area contributed by atoms with E-state index < -0.39 is 5.54 Å². The van der Waals surface area contributed by atoms with E-state index in [1.54, 1.807) is 14.0 Å². The first kappa shape index (κ1) is 12.0. The molecule has 1 amide bonds. The number of carbonyl (C=O) groups excluding carboxylic acids is 1. The number of terminal acetylenes is 1. The van der Waals surface area contributed by atoms with Crippen LogP contribution in [-0.4, -0.2) is 29.9 Å². The van der Waals surface area contributed by atoms with E-state index in [2.05, 4.69) is 5.92 Å². The summed E-state index contributed by atoms with van der Waals surface area (Å²) in [6.45, 7) is 4.06. The zero-order valence-electron chi connectivity index (χ0n) is 8.63. The number of amides is 1. The van der Waals surface area contributed by atoms with Crippen LogP contribution in [0.25, 0.3) is 0 Å². The van der Waals surface area contributed by atoms with E-state index in [0.29, 0.717) is 13.0 Å². The van der Waals surface area contributed by atoms with Crippen LogP contribution in [0.5, 0.6) is 0 Å². The largest absolute Gasteiger partial charge is 0.333 e. The lowest BCUT2D eigenvalue weighted by Gasteiger charge is -2.27. The van der Waals surface area contributed by atoms with Gasteiger partial charge < -0.3 is 10.6 Å². The van der Waals surface area contributed by atoms with Crippen LogP contribution in [0, 0.1) is 12.3 Å². The van der Waals surface area contributed by atoms with Gasteiger partial charge in [0, 0.05) is 7.05 Å². The molecule has 3 nitrogen and oxygen atoms in total. The van der Waals surface area contributed by atoms with E-state index in [9.17, 15) is 4.79 Å². The van der Waals surface area contributed by atoms with Gasteiger partial charge in [0.15, 0.2) is 0 Å². The molecule has 0 aromatic heterocycles. The molecule has 0 bridgehead atoms. The topological polar surface area (TPSA) is 46.3 Å². The minimum absolute atomic E-state index is 0.0905. The van der Waals surface area contributed by atoms with Crippen molar-refractivity contribution < 1.29 is 4.79 Å². The maximum atomic E-state index is 11.6. The van der Waals surface area contributed by atoms with Crippen LogP contribution in [-0.2, 0) is 4.79 Å². The number of carbonyl (C=O) groups is 1. The van der Waals surface area contributed by atoms with Crippen LogP contribution in [0.4, 0.5) is 0 Å². The molecule has 1 atom stereocenters. The van der Waals surface area contributed by atoms with E-state index in [-0.39, 0.29) is 5.91 Å². The van der Waals surface area contributed by atoms with E-state index in [0.717, 1.165) is 6.42 Å². The lowest BCUT2D eigenvalue weighted by atomic mass is 9.96. The number of hydrogen-bond donors (Lipinski definition) is 1. The lowest BCUT2D eigenvalue weighted by molar-refractivity contribution is -0.134. The van der Waals surface area contributed by atoms with Gasteiger partial charge >= 0.3 is 0 Å². The Kier molecular flexibility index (Phi) is 4.50. The summed E-state index contributed by atoms with van der Waals surface area (Å²) in [7, 11) is 1.67. The van der Waals surface area contributed by atoms with Crippen LogP contribution in [0.2, 0.25) is 0 Å². The summed E-state index contributed by atoms with van der Waals surface area (Å²) in [5, 5.41) is 0. The zero-order chi connectivity index (χ0) is 10.5. The highest BCUT2D eigenvalue weighted by Gasteiger charge is 2.29. The average Bonchev–Trinajstić information content (AvgIpc) is 2.03. The fourth-order valence-electron chi connectivity index (χ4n) is 1.27. The van der Waals surface area contributed by atoms with Gasteiger partial charge in [0.25, 0.3) is 0 Å². The minimum atomic E-state index is -0.777. The molecule has 0 aliphatic rings. The second-order valence-electron chi connectivity index (χ2n) is 3.53. The molecule has 74 valence electrons. The van der Waals surface area contributed by atoms with Gasteiger partial charge in [-0.3, -0.25) is 4.79 Å². The highest BCUT2D eigenvalue weighted by atomic mass is 16.2. The molecule has 13 heavy (non-hydrogen) atoms. The van der Waals surface area contributed by atoms with Crippen LogP contribution in [0.3, 0.4) is 0 Å². The van der Waals surface area contributed by atoms with E-state index in [4.69, 9.17) is 12.2 Å². The molecule has 0 fully saturated rings. The third kappa shape index (κ3) is 3.47. The summed E-state index contributed by atoms with van der Waals surface area (Å²) >= 11 is 0. The normalized spacial score (nSPS) is 14.4. The first-order valence-corrected chi connectivity index (χ1v) is 4.43. The van der Waals surface area contributed by atoms with Crippen LogP contribution in [0.1, 0.15) is 26.7 Å². The number of nitrogens with two attached hydrogens (primary N) is 1. The van der Waals surface area contributed by atoms with Crippen LogP contribution >= 0.6 is 0 Å². The summed E-state index contributed by atoms with van der Waals surface area (Å²) < 4.78 is 0.